The van der Waals surface area contributed by atoms with Crippen molar-refractivity contribution < 1.29 is 4.79 Å². The highest BCUT2D eigenvalue weighted by Crippen LogP contribution is 2.23. The van der Waals surface area contributed by atoms with Gasteiger partial charge in [-0.15, -0.1) is 0 Å². The molecule has 82 valence electrons. The van der Waals surface area contributed by atoms with Crippen LogP contribution in [-0.4, -0.2) is 23.9 Å². The third-order valence-corrected chi connectivity index (χ3v) is 2.59. The normalized spacial score (nSPS) is 10.5. The van der Waals surface area contributed by atoms with Crippen molar-refractivity contribution in [2.24, 2.45) is 0 Å². The van der Waals surface area contributed by atoms with Crippen LogP contribution < -0.4 is 4.90 Å². The molecule has 3 nitrogen and oxygen atoms in total. The fraction of sp³-hybridized carbons (Fsp3) is 0.455. The van der Waals surface area contributed by atoms with E-state index >= 15 is 0 Å². The van der Waals surface area contributed by atoms with Gasteiger partial charge in [-0.05, 0) is 26.8 Å². The first-order valence-corrected chi connectivity index (χ1v) is 5.20. The topological polar surface area (TPSA) is 33.2 Å². The second-order valence-corrected chi connectivity index (χ2v) is 4.17. The molecule has 0 atom stereocenters. The average molecular weight is 227 g/mol. The van der Waals surface area contributed by atoms with Gasteiger partial charge in [0.05, 0.1) is 11.3 Å². The van der Waals surface area contributed by atoms with Crippen LogP contribution in [0, 0.1) is 0 Å². The smallest absolute Gasteiger partial charge is 0.163 e. The molecule has 0 spiro atoms. The van der Waals surface area contributed by atoms with Crippen LogP contribution >= 0.6 is 11.6 Å². The molecule has 1 aromatic heterocycles. The zero-order chi connectivity index (χ0) is 11.6. The predicted molar refractivity (Wildman–Crippen MR) is 62.8 cm³/mol. The molecule has 0 saturated carbocycles. The predicted octanol–water partition coefficient (Wildman–Crippen LogP) is 2.78. The number of hydrogen-bond donors (Lipinski definition) is 0. The van der Waals surface area contributed by atoms with E-state index in [4.69, 9.17) is 11.6 Å². The molecule has 0 N–H and O–H groups in total. The highest BCUT2D eigenvalue weighted by atomic mass is 35.5. The minimum absolute atomic E-state index is 0.00154. The highest BCUT2D eigenvalue weighted by Gasteiger charge is 2.14. The Hall–Kier alpha value is -1.09. The maximum atomic E-state index is 11.4. The molecule has 1 heterocycles. The minimum atomic E-state index is 0.00154. The third kappa shape index (κ3) is 2.69. The van der Waals surface area contributed by atoms with Crippen molar-refractivity contribution in [3.8, 4) is 0 Å². The van der Waals surface area contributed by atoms with Gasteiger partial charge in [0.25, 0.3) is 0 Å². The van der Waals surface area contributed by atoms with Gasteiger partial charge >= 0.3 is 0 Å². The lowest BCUT2D eigenvalue weighted by Crippen LogP contribution is -2.27. The lowest BCUT2D eigenvalue weighted by atomic mass is 10.1. The van der Waals surface area contributed by atoms with Gasteiger partial charge in [-0.25, -0.2) is 4.98 Å². The number of pyridine rings is 1. The van der Waals surface area contributed by atoms with Crippen LogP contribution in [-0.2, 0) is 0 Å². The Labute approximate surface area is 95.1 Å². The largest absolute Gasteiger partial charge is 0.371 e. The number of anilines is 1. The number of carbonyl (C=O) groups excluding carboxylic acids is 1. The number of nitrogens with zero attached hydrogens (tertiary/aromatic N) is 2. The van der Waals surface area contributed by atoms with Crippen LogP contribution in [0.4, 0.5) is 5.69 Å². The molecular formula is C11H15ClN2O. The van der Waals surface area contributed by atoms with Crippen molar-refractivity contribution in [1.29, 1.82) is 0 Å². The summed E-state index contributed by atoms with van der Waals surface area (Å²) in [6.07, 6.45) is 1.53. The molecular weight excluding hydrogens is 212 g/mol. The lowest BCUT2D eigenvalue weighted by molar-refractivity contribution is 0.101. The molecule has 0 radical (unpaired) electrons. The van der Waals surface area contributed by atoms with Crippen molar-refractivity contribution >= 4 is 23.1 Å². The molecule has 4 heteroatoms. The van der Waals surface area contributed by atoms with Crippen molar-refractivity contribution in [3.05, 3.63) is 23.0 Å². The summed E-state index contributed by atoms with van der Waals surface area (Å²) < 4.78 is 0. The van der Waals surface area contributed by atoms with E-state index in [1.807, 2.05) is 11.9 Å². The van der Waals surface area contributed by atoms with Crippen LogP contribution in [0.1, 0.15) is 31.1 Å². The van der Waals surface area contributed by atoms with E-state index in [1.54, 1.807) is 6.07 Å². The molecule has 0 amide bonds. The Morgan fingerprint density at radius 2 is 2.13 bits per heavy atom. The fourth-order valence-electron chi connectivity index (χ4n) is 1.26. The number of halogens is 1. The van der Waals surface area contributed by atoms with Crippen molar-refractivity contribution in [2.75, 3.05) is 11.9 Å². The maximum absolute atomic E-state index is 11.4. The first-order valence-electron chi connectivity index (χ1n) is 4.82. The Morgan fingerprint density at radius 1 is 1.53 bits per heavy atom. The summed E-state index contributed by atoms with van der Waals surface area (Å²) in [6, 6.07) is 2.03. The van der Waals surface area contributed by atoms with Gasteiger partial charge in [0, 0.05) is 19.3 Å². The first kappa shape index (κ1) is 12.0. The van der Waals surface area contributed by atoms with Gasteiger partial charge in [0.1, 0.15) is 5.15 Å². The number of rotatable bonds is 3. The monoisotopic (exact) mass is 226 g/mol. The molecule has 0 aliphatic carbocycles. The van der Waals surface area contributed by atoms with E-state index in [1.165, 1.54) is 13.1 Å². The molecule has 1 rings (SSSR count). The lowest BCUT2D eigenvalue weighted by Gasteiger charge is -2.25. The minimum Gasteiger partial charge on any atom is -0.371 e. The molecule has 0 aliphatic heterocycles. The van der Waals surface area contributed by atoms with Crippen LogP contribution in [0.25, 0.3) is 0 Å². The van der Waals surface area contributed by atoms with Crippen molar-refractivity contribution in [2.45, 2.75) is 26.8 Å². The van der Waals surface area contributed by atoms with E-state index in [9.17, 15) is 4.79 Å². The molecule has 0 saturated heterocycles. The quantitative estimate of drug-likeness (QED) is 0.587. The van der Waals surface area contributed by atoms with E-state index in [-0.39, 0.29) is 5.78 Å². The summed E-state index contributed by atoms with van der Waals surface area (Å²) in [6.45, 7) is 5.64. The number of ketones is 1. The Bertz CT molecular complexity index is 377. The summed E-state index contributed by atoms with van der Waals surface area (Å²) >= 11 is 5.82. The van der Waals surface area contributed by atoms with Crippen molar-refractivity contribution in [3.63, 3.8) is 0 Å². The van der Waals surface area contributed by atoms with Crippen LogP contribution in [0.5, 0.6) is 0 Å². The molecule has 15 heavy (non-hydrogen) atoms. The standard InChI is InChI=1S/C11H15ClN2O/c1-7(2)14(4)10-5-11(12)13-6-9(10)8(3)15/h5-7H,1-4H3. The molecule has 0 aromatic carbocycles. The van der Waals surface area contributed by atoms with E-state index < -0.39 is 0 Å². The Morgan fingerprint density at radius 3 is 2.60 bits per heavy atom. The number of hydrogen-bond acceptors (Lipinski definition) is 3. The summed E-state index contributed by atoms with van der Waals surface area (Å²) in [5.74, 6) is 0.00154. The number of Topliss-reactive ketones (excluding diaryl/α,β-unsaturated/α-hetero) is 1. The maximum Gasteiger partial charge on any atom is 0.163 e. The van der Waals surface area contributed by atoms with Crippen LogP contribution in [0.2, 0.25) is 5.15 Å². The fourth-order valence-corrected chi connectivity index (χ4v) is 1.41. The molecule has 0 fully saturated rings. The average Bonchev–Trinajstić information content (AvgIpc) is 2.15. The van der Waals surface area contributed by atoms with Gasteiger partial charge in [-0.1, -0.05) is 11.6 Å². The van der Waals surface area contributed by atoms with Gasteiger partial charge in [-0.3, -0.25) is 4.79 Å². The van der Waals surface area contributed by atoms with Crippen LogP contribution in [0.15, 0.2) is 12.3 Å². The molecule has 0 bridgehead atoms. The first-order chi connectivity index (χ1) is 6.93. The third-order valence-electron chi connectivity index (χ3n) is 2.38. The Kier molecular flexibility index (Phi) is 3.69. The Balaban J connectivity index is 3.24. The summed E-state index contributed by atoms with van der Waals surface area (Å²) in [4.78, 5) is 17.3. The van der Waals surface area contributed by atoms with E-state index in [2.05, 4.69) is 18.8 Å². The summed E-state index contributed by atoms with van der Waals surface area (Å²) in [5, 5.41) is 0.405. The van der Waals surface area contributed by atoms with Crippen molar-refractivity contribution in [1.82, 2.24) is 4.98 Å². The SMILES string of the molecule is CC(=O)c1cnc(Cl)cc1N(C)C(C)C. The van der Waals surface area contributed by atoms with Gasteiger partial charge < -0.3 is 4.90 Å². The molecule has 1 aromatic rings. The second kappa shape index (κ2) is 4.62. The zero-order valence-electron chi connectivity index (χ0n) is 9.41. The summed E-state index contributed by atoms with van der Waals surface area (Å²) in [5.41, 5.74) is 1.44. The molecule has 0 unspecified atom stereocenters. The van der Waals surface area contributed by atoms with E-state index in [0.717, 1.165) is 5.69 Å². The second-order valence-electron chi connectivity index (χ2n) is 3.79. The zero-order valence-corrected chi connectivity index (χ0v) is 10.2. The summed E-state index contributed by atoms with van der Waals surface area (Å²) in [7, 11) is 1.93. The number of carbonyl (C=O) groups is 1. The van der Waals surface area contributed by atoms with Gasteiger partial charge in [0.15, 0.2) is 5.78 Å². The van der Waals surface area contributed by atoms with E-state index in [0.29, 0.717) is 16.8 Å². The van der Waals surface area contributed by atoms with Crippen LogP contribution in [0.3, 0.4) is 0 Å². The highest BCUT2D eigenvalue weighted by molar-refractivity contribution is 6.29. The van der Waals surface area contributed by atoms with Gasteiger partial charge in [0.2, 0.25) is 0 Å². The molecule has 0 aliphatic rings. The van der Waals surface area contributed by atoms with Gasteiger partial charge in [-0.2, -0.15) is 0 Å². The number of aromatic nitrogens is 1.